The van der Waals surface area contributed by atoms with Gasteiger partial charge in [0.1, 0.15) is 13.1 Å². The summed E-state index contributed by atoms with van der Waals surface area (Å²) in [5.41, 5.74) is 1.74. The molecule has 0 fully saturated rings. The van der Waals surface area contributed by atoms with Crippen LogP contribution in [-0.4, -0.2) is 13.1 Å². The lowest BCUT2D eigenvalue weighted by atomic mass is 10.2. The van der Waals surface area contributed by atoms with Crippen molar-refractivity contribution in [2.75, 3.05) is 13.1 Å². The summed E-state index contributed by atoms with van der Waals surface area (Å²) in [4.78, 5) is 0. The van der Waals surface area contributed by atoms with Crippen molar-refractivity contribution in [3.05, 3.63) is 35.0 Å². The Bertz CT molecular complexity index is 350. The molecule has 0 amide bonds. The highest BCUT2D eigenvalue weighted by Crippen LogP contribution is 2.26. The quantitative estimate of drug-likeness (QED) is 0.479. The fourth-order valence-electron chi connectivity index (χ4n) is 1.40. The molecule has 1 atom stereocenters. The van der Waals surface area contributed by atoms with Gasteiger partial charge in [-0.15, -0.1) is 5.11 Å². The van der Waals surface area contributed by atoms with Gasteiger partial charge in [-0.05, 0) is 12.5 Å². The van der Waals surface area contributed by atoms with Crippen LogP contribution in [0.4, 0.5) is 5.69 Å². The van der Waals surface area contributed by atoms with Crippen molar-refractivity contribution in [2.45, 2.75) is 6.92 Å². The Morgan fingerprint density at radius 2 is 2.31 bits per heavy atom. The second-order valence-electron chi connectivity index (χ2n) is 3.22. The highest BCUT2D eigenvalue weighted by Gasteiger charge is 2.24. The first-order valence-electron chi connectivity index (χ1n) is 4.26. The van der Waals surface area contributed by atoms with E-state index in [1.807, 2.05) is 25.1 Å². The van der Waals surface area contributed by atoms with Gasteiger partial charge in [-0.2, -0.15) is 4.76 Å². The van der Waals surface area contributed by atoms with E-state index in [-0.39, 0.29) is 0 Å². The minimum atomic E-state index is -0.651. The molecular weight excluding hydrogens is 166 g/mol. The SMILES string of the molecule is Cc1cccc([N+]2([O-])CCN=N2)c1. The zero-order chi connectivity index (χ0) is 9.31. The first-order valence-corrected chi connectivity index (χ1v) is 4.26. The molecule has 4 heteroatoms. The van der Waals surface area contributed by atoms with Gasteiger partial charge in [0.25, 0.3) is 0 Å². The number of hydrogen-bond donors (Lipinski definition) is 0. The van der Waals surface area contributed by atoms with Crippen molar-refractivity contribution in [2.24, 2.45) is 10.3 Å². The topological polar surface area (TPSA) is 47.8 Å². The normalized spacial score (nSPS) is 26.6. The maximum Gasteiger partial charge on any atom is 0.161 e. The van der Waals surface area contributed by atoms with Gasteiger partial charge in [0.05, 0.1) is 0 Å². The van der Waals surface area contributed by atoms with Crippen molar-refractivity contribution >= 4 is 5.69 Å². The number of rotatable bonds is 1. The molecule has 0 N–H and O–H groups in total. The average Bonchev–Trinajstić information content (AvgIpc) is 2.54. The van der Waals surface area contributed by atoms with E-state index in [9.17, 15) is 5.21 Å². The predicted molar refractivity (Wildman–Crippen MR) is 50.9 cm³/mol. The van der Waals surface area contributed by atoms with Crippen molar-refractivity contribution in [1.82, 2.24) is 4.76 Å². The van der Waals surface area contributed by atoms with Crippen molar-refractivity contribution in [3.8, 4) is 0 Å². The Morgan fingerprint density at radius 3 is 2.92 bits per heavy atom. The fourth-order valence-corrected chi connectivity index (χ4v) is 1.40. The van der Waals surface area contributed by atoms with Crippen LogP contribution in [0.3, 0.4) is 0 Å². The Hall–Kier alpha value is -1.26. The average molecular weight is 177 g/mol. The number of hydrogen-bond acceptors (Lipinski definition) is 3. The summed E-state index contributed by atoms with van der Waals surface area (Å²) in [6, 6.07) is 7.49. The lowest BCUT2D eigenvalue weighted by Gasteiger charge is -2.29. The summed E-state index contributed by atoms with van der Waals surface area (Å²) >= 11 is 0. The third kappa shape index (κ3) is 1.46. The third-order valence-corrected chi connectivity index (χ3v) is 2.12. The van der Waals surface area contributed by atoms with Crippen LogP contribution in [0.2, 0.25) is 0 Å². The van der Waals surface area contributed by atoms with Gasteiger partial charge in [-0.1, -0.05) is 12.1 Å². The number of hydroxylamine groups is 1. The molecule has 0 radical (unpaired) electrons. The molecule has 1 heterocycles. The largest absolute Gasteiger partial charge is 0.598 e. The summed E-state index contributed by atoms with van der Waals surface area (Å²) in [5.74, 6) is 0. The molecule has 0 saturated carbocycles. The molecule has 68 valence electrons. The Kier molecular flexibility index (Phi) is 1.86. The van der Waals surface area contributed by atoms with Gasteiger partial charge < -0.3 is 5.21 Å². The summed E-state index contributed by atoms with van der Waals surface area (Å²) < 4.78 is -0.651. The van der Waals surface area contributed by atoms with Crippen molar-refractivity contribution in [3.63, 3.8) is 0 Å². The minimum absolute atomic E-state index is 0.420. The van der Waals surface area contributed by atoms with Crippen molar-refractivity contribution < 1.29 is 0 Å². The summed E-state index contributed by atoms with van der Waals surface area (Å²) in [6.45, 7) is 2.91. The molecule has 0 saturated heterocycles. The standard InChI is InChI=1S/C9H11N3O/c1-8-3-2-4-9(7-8)12(13)6-5-10-11-12/h2-4,7H,5-6H2,1H3. The molecule has 0 bridgehead atoms. The number of nitrogens with zero attached hydrogens (tertiary/aromatic N) is 3. The molecule has 0 spiro atoms. The van der Waals surface area contributed by atoms with E-state index < -0.39 is 4.76 Å². The summed E-state index contributed by atoms with van der Waals surface area (Å²) in [5, 5.41) is 19.3. The molecular formula is C9H11N3O. The van der Waals surface area contributed by atoms with Crippen LogP contribution in [0.5, 0.6) is 0 Å². The zero-order valence-electron chi connectivity index (χ0n) is 7.47. The molecule has 0 aliphatic carbocycles. The number of quaternary nitrogens is 1. The van der Waals surface area contributed by atoms with E-state index in [4.69, 9.17) is 0 Å². The minimum Gasteiger partial charge on any atom is -0.598 e. The molecule has 1 aromatic carbocycles. The Morgan fingerprint density at radius 1 is 1.46 bits per heavy atom. The van der Waals surface area contributed by atoms with Gasteiger partial charge in [-0.3, -0.25) is 0 Å². The van der Waals surface area contributed by atoms with E-state index in [2.05, 4.69) is 10.3 Å². The van der Waals surface area contributed by atoms with Crippen molar-refractivity contribution in [1.29, 1.82) is 0 Å². The molecule has 1 aliphatic heterocycles. The van der Waals surface area contributed by atoms with Gasteiger partial charge in [0, 0.05) is 17.4 Å². The third-order valence-electron chi connectivity index (χ3n) is 2.12. The highest BCUT2D eigenvalue weighted by atomic mass is 16.6. The predicted octanol–water partition coefficient (Wildman–Crippen LogP) is 2.18. The summed E-state index contributed by atoms with van der Waals surface area (Å²) in [6.07, 6.45) is 0. The zero-order valence-corrected chi connectivity index (χ0v) is 7.47. The maximum atomic E-state index is 11.9. The second-order valence-corrected chi connectivity index (χ2v) is 3.22. The fraction of sp³-hybridized carbons (Fsp3) is 0.333. The van der Waals surface area contributed by atoms with E-state index in [1.165, 1.54) is 0 Å². The van der Waals surface area contributed by atoms with Gasteiger partial charge >= 0.3 is 0 Å². The van der Waals surface area contributed by atoms with Crippen LogP contribution < -0.4 is 4.76 Å². The van der Waals surface area contributed by atoms with Crippen LogP contribution in [0.15, 0.2) is 34.6 Å². The smallest absolute Gasteiger partial charge is 0.161 e. The molecule has 13 heavy (non-hydrogen) atoms. The number of benzene rings is 1. The van der Waals surface area contributed by atoms with Crippen LogP contribution >= 0.6 is 0 Å². The molecule has 0 aromatic heterocycles. The van der Waals surface area contributed by atoms with E-state index >= 15 is 0 Å². The molecule has 2 rings (SSSR count). The lowest BCUT2D eigenvalue weighted by molar-refractivity contribution is 0.432. The molecule has 4 nitrogen and oxygen atoms in total. The molecule has 1 unspecified atom stereocenters. The lowest BCUT2D eigenvalue weighted by Crippen LogP contribution is -2.35. The Balaban J connectivity index is 2.39. The van der Waals surface area contributed by atoms with Crippen LogP contribution in [0.25, 0.3) is 0 Å². The summed E-state index contributed by atoms with van der Waals surface area (Å²) in [7, 11) is 0. The molecule has 1 aromatic rings. The van der Waals surface area contributed by atoms with E-state index in [1.54, 1.807) is 6.07 Å². The number of aryl methyl sites for hydroxylation is 1. The van der Waals surface area contributed by atoms with E-state index in [0.29, 0.717) is 18.8 Å². The highest BCUT2D eigenvalue weighted by molar-refractivity contribution is 5.45. The first-order chi connectivity index (χ1) is 6.21. The monoisotopic (exact) mass is 177 g/mol. The van der Waals surface area contributed by atoms with Gasteiger partial charge in [0.15, 0.2) is 5.69 Å². The maximum absolute atomic E-state index is 11.9. The van der Waals surface area contributed by atoms with E-state index in [0.717, 1.165) is 5.56 Å². The first kappa shape index (κ1) is 8.34. The molecule has 1 aliphatic rings. The second kappa shape index (κ2) is 2.90. The van der Waals surface area contributed by atoms with Gasteiger partial charge in [0.2, 0.25) is 0 Å². The van der Waals surface area contributed by atoms with Crippen LogP contribution in [0.1, 0.15) is 5.56 Å². The van der Waals surface area contributed by atoms with Gasteiger partial charge in [-0.25, -0.2) is 0 Å². The van der Waals surface area contributed by atoms with Crippen LogP contribution in [0, 0.1) is 12.1 Å². The Labute approximate surface area is 76.7 Å². The van der Waals surface area contributed by atoms with Crippen LogP contribution in [-0.2, 0) is 0 Å².